The van der Waals surface area contributed by atoms with Crippen molar-refractivity contribution in [2.24, 2.45) is 5.92 Å². The van der Waals surface area contributed by atoms with Crippen LogP contribution in [0.25, 0.3) is 0 Å². The van der Waals surface area contributed by atoms with E-state index in [0.29, 0.717) is 19.4 Å². The smallest absolute Gasteiger partial charge is 0.323 e. The van der Waals surface area contributed by atoms with Gasteiger partial charge in [0, 0.05) is 12.5 Å². The number of carboxylic acids is 1. The van der Waals surface area contributed by atoms with E-state index in [1.165, 1.54) is 4.90 Å². The number of hydrogen-bond donors (Lipinski definition) is 1. The number of rotatable bonds is 5. The van der Waals surface area contributed by atoms with E-state index in [9.17, 15) is 9.59 Å². The van der Waals surface area contributed by atoms with E-state index in [1.807, 2.05) is 42.5 Å². The van der Waals surface area contributed by atoms with Crippen LogP contribution in [0.1, 0.15) is 18.4 Å². The molecule has 1 amide bonds. The Bertz CT molecular complexity index is 473. The van der Waals surface area contributed by atoms with Gasteiger partial charge in [-0.2, -0.15) is 0 Å². The number of carboxylic acid groups (broad SMARTS) is 1. The monoisotopic (exact) mass is 259 g/mol. The van der Waals surface area contributed by atoms with Crippen molar-refractivity contribution >= 4 is 11.9 Å². The Kier molecular flexibility index (Phi) is 4.34. The van der Waals surface area contributed by atoms with E-state index in [2.05, 4.69) is 0 Å². The molecule has 1 aliphatic rings. The summed E-state index contributed by atoms with van der Waals surface area (Å²) in [5, 5.41) is 8.94. The van der Waals surface area contributed by atoms with E-state index >= 15 is 0 Å². The van der Waals surface area contributed by atoms with Gasteiger partial charge in [0.2, 0.25) is 5.91 Å². The van der Waals surface area contributed by atoms with E-state index < -0.39 is 5.97 Å². The van der Waals surface area contributed by atoms with Crippen molar-refractivity contribution < 1.29 is 14.7 Å². The molecule has 0 radical (unpaired) electrons. The molecule has 1 aromatic carbocycles. The summed E-state index contributed by atoms with van der Waals surface area (Å²) >= 11 is 0. The second kappa shape index (κ2) is 6.18. The quantitative estimate of drug-likeness (QED) is 0.823. The number of benzene rings is 1. The van der Waals surface area contributed by atoms with Crippen molar-refractivity contribution in [3.63, 3.8) is 0 Å². The molecule has 1 aliphatic carbocycles. The number of hydrogen-bond acceptors (Lipinski definition) is 2. The van der Waals surface area contributed by atoms with Crippen LogP contribution in [0, 0.1) is 5.92 Å². The lowest BCUT2D eigenvalue weighted by molar-refractivity contribution is -0.146. The number of allylic oxidation sites excluding steroid dienone is 2. The van der Waals surface area contributed by atoms with Crippen LogP contribution in [-0.2, 0) is 16.1 Å². The van der Waals surface area contributed by atoms with Crippen molar-refractivity contribution in [1.29, 1.82) is 0 Å². The highest BCUT2D eigenvalue weighted by molar-refractivity contribution is 5.83. The van der Waals surface area contributed by atoms with Gasteiger partial charge in [0.25, 0.3) is 0 Å². The van der Waals surface area contributed by atoms with Gasteiger partial charge in [-0.15, -0.1) is 0 Å². The van der Waals surface area contributed by atoms with Crippen molar-refractivity contribution in [2.45, 2.75) is 19.4 Å². The average Bonchev–Trinajstić information content (AvgIpc) is 2.91. The minimum atomic E-state index is -0.977. The van der Waals surface area contributed by atoms with Gasteiger partial charge in [0.15, 0.2) is 0 Å². The highest BCUT2D eigenvalue weighted by Crippen LogP contribution is 2.21. The fourth-order valence-corrected chi connectivity index (χ4v) is 2.26. The van der Waals surface area contributed by atoms with Gasteiger partial charge in [-0.1, -0.05) is 42.5 Å². The second-order valence-electron chi connectivity index (χ2n) is 4.71. The molecule has 1 N–H and O–H groups in total. The van der Waals surface area contributed by atoms with Crippen LogP contribution >= 0.6 is 0 Å². The normalized spacial score (nSPS) is 14.5. The number of carbonyl (C=O) groups excluding carboxylic acids is 1. The van der Waals surface area contributed by atoms with Crippen LogP contribution in [0.3, 0.4) is 0 Å². The maximum Gasteiger partial charge on any atom is 0.323 e. The molecule has 0 aliphatic heterocycles. The van der Waals surface area contributed by atoms with Gasteiger partial charge >= 0.3 is 5.97 Å². The first-order valence-electron chi connectivity index (χ1n) is 6.36. The molecule has 0 heterocycles. The number of carbonyl (C=O) groups is 2. The summed E-state index contributed by atoms with van der Waals surface area (Å²) in [6.07, 6.45) is 5.38. The molecule has 4 nitrogen and oxygen atoms in total. The maximum absolute atomic E-state index is 12.3. The van der Waals surface area contributed by atoms with Crippen LogP contribution in [-0.4, -0.2) is 28.4 Å². The van der Waals surface area contributed by atoms with E-state index in [-0.39, 0.29) is 18.4 Å². The third-order valence-electron chi connectivity index (χ3n) is 3.21. The topological polar surface area (TPSA) is 57.6 Å². The Morgan fingerprint density at radius 1 is 1.16 bits per heavy atom. The molecule has 100 valence electrons. The first kappa shape index (κ1) is 13.3. The molecule has 0 fully saturated rings. The van der Waals surface area contributed by atoms with Gasteiger partial charge in [0.1, 0.15) is 6.54 Å². The summed E-state index contributed by atoms with van der Waals surface area (Å²) in [4.78, 5) is 24.6. The zero-order valence-corrected chi connectivity index (χ0v) is 10.7. The van der Waals surface area contributed by atoms with Gasteiger partial charge in [0.05, 0.1) is 0 Å². The number of nitrogens with zero attached hydrogens (tertiary/aromatic N) is 1. The first-order valence-corrected chi connectivity index (χ1v) is 6.36. The van der Waals surface area contributed by atoms with Crippen LogP contribution in [0.5, 0.6) is 0 Å². The minimum Gasteiger partial charge on any atom is -0.480 e. The predicted molar refractivity (Wildman–Crippen MR) is 71.4 cm³/mol. The van der Waals surface area contributed by atoms with E-state index in [4.69, 9.17) is 5.11 Å². The van der Waals surface area contributed by atoms with Crippen LogP contribution < -0.4 is 0 Å². The summed E-state index contributed by atoms with van der Waals surface area (Å²) in [7, 11) is 0. The average molecular weight is 259 g/mol. The summed E-state index contributed by atoms with van der Waals surface area (Å²) in [6.45, 7) is 0.104. The summed E-state index contributed by atoms with van der Waals surface area (Å²) < 4.78 is 0. The van der Waals surface area contributed by atoms with Crippen LogP contribution in [0.15, 0.2) is 42.5 Å². The Balaban J connectivity index is 2.06. The molecule has 0 saturated heterocycles. The third kappa shape index (κ3) is 3.68. The standard InChI is InChI=1S/C15H17NO3/c17-14(18)11-16(10-12-6-2-1-3-7-12)15(19)13-8-4-5-9-13/h1-7,13H,8-11H2,(H,17,18). The maximum atomic E-state index is 12.3. The van der Waals surface area contributed by atoms with Gasteiger partial charge in [-0.3, -0.25) is 9.59 Å². The third-order valence-corrected chi connectivity index (χ3v) is 3.21. The highest BCUT2D eigenvalue weighted by atomic mass is 16.4. The van der Waals surface area contributed by atoms with Crippen LogP contribution in [0.4, 0.5) is 0 Å². The Morgan fingerprint density at radius 3 is 2.37 bits per heavy atom. The molecule has 0 unspecified atom stereocenters. The largest absolute Gasteiger partial charge is 0.480 e. The molecule has 1 aromatic rings. The summed E-state index contributed by atoms with van der Waals surface area (Å²) in [6, 6.07) is 9.46. The SMILES string of the molecule is O=C(O)CN(Cc1ccccc1)C(=O)C1CC=CC1. The second-order valence-corrected chi connectivity index (χ2v) is 4.71. The lowest BCUT2D eigenvalue weighted by atomic mass is 10.1. The number of aliphatic carboxylic acids is 1. The fraction of sp³-hybridized carbons (Fsp3) is 0.333. The molecule has 4 heteroatoms. The molecule has 0 saturated carbocycles. The molecule has 0 spiro atoms. The van der Waals surface area contributed by atoms with Crippen molar-refractivity contribution in [1.82, 2.24) is 4.90 Å². The zero-order valence-electron chi connectivity index (χ0n) is 10.7. The summed E-state index contributed by atoms with van der Waals surface area (Å²) in [5.74, 6) is -1.14. The fourth-order valence-electron chi connectivity index (χ4n) is 2.26. The lowest BCUT2D eigenvalue weighted by Gasteiger charge is -2.24. The van der Waals surface area contributed by atoms with Crippen molar-refractivity contribution in [3.05, 3.63) is 48.0 Å². The Hall–Kier alpha value is -2.10. The molecular weight excluding hydrogens is 242 g/mol. The molecule has 0 bridgehead atoms. The summed E-state index contributed by atoms with van der Waals surface area (Å²) in [5.41, 5.74) is 0.947. The first-order chi connectivity index (χ1) is 9.16. The van der Waals surface area contributed by atoms with E-state index in [0.717, 1.165) is 5.56 Å². The molecule has 19 heavy (non-hydrogen) atoms. The van der Waals surface area contributed by atoms with Crippen molar-refractivity contribution in [2.75, 3.05) is 6.54 Å². The molecule has 2 rings (SSSR count). The Labute approximate surface area is 112 Å². The number of amides is 1. The zero-order chi connectivity index (χ0) is 13.7. The highest BCUT2D eigenvalue weighted by Gasteiger charge is 2.26. The molecule has 0 atom stereocenters. The van der Waals surface area contributed by atoms with E-state index in [1.54, 1.807) is 0 Å². The minimum absolute atomic E-state index is 0.0729. The molecular formula is C15H17NO3. The van der Waals surface area contributed by atoms with Gasteiger partial charge in [-0.05, 0) is 18.4 Å². The van der Waals surface area contributed by atoms with Crippen LogP contribution in [0.2, 0.25) is 0 Å². The van der Waals surface area contributed by atoms with Gasteiger partial charge < -0.3 is 10.0 Å². The molecule has 0 aromatic heterocycles. The van der Waals surface area contributed by atoms with Crippen molar-refractivity contribution in [3.8, 4) is 0 Å². The Morgan fingerprint density at radius 2 is 1.79 bits per heavy atom. The lowest BCUT2D eigenvalue weighted by Crippen LogP contribution is -2.38. The predicted octanol–water partition coefficient (Wildman–Crippen LogP) is 2.07. The van der Waals surface area contributed by atoms with Gasteiger partial charge in [-0.25, -0.2) is 0 Å².